The van der Waals surface area contributed by atoms with Gasteiger partial charge in [0.25, 0.3) is 0 Å². The molecule has 4 aromatic rings. The summed E-state index contributed by atoms with van der Waals surface area (Å²) in [5.41, 5.74) is 15.6. The molecular weight excluding hydrogens is 719 g/mol. The predicted octanol–water partition coefficient (Wildman–Crippen LogP) is 12.9. The Hall–Kier alpha value is -1.96. The molecule has 4 heteroatoms. The van der Waals surface area contributed by atoms with E-state index in [1.165, 1.54) is 97.6 Å². The standard InChI is InChI=1S/2C21H21.2CH3.2ClH.H2Si.Zr/c2*1-3-8-16(9-4-1)19-14-18-12-7-13-20(21(18)15-19)17-10-5-2-6-11-17;;;;;;/h2*2,5-7,10-16H,1,3-4,8-9H2;2*1H3;2*1H;1H2;. The molecule has 0 spiro atoms. The van der Waals surface area contributed by atoms with Gasteiger partial charge in [-0.1, -0.05) is 0 Å². The fourth-order valence-corrected chi connectivity index (χ4v) is 29.9. The van der Waals surface area contributed by atoms with E-state index in [1.807, 2.05) is 11.1 Å². The first-order chi connectivity index (χ1) is 22.4. The quantitative estimate of drug-likeness (QED) is 0.171. The van der Waals surface area contributed by atoms with Crippen LogP contribution in [0.15, 0.2) is 108 Å². The molecule has 48 heavy (non-hydrogen) atoms. The number of fused-ring (bicyclic) bond motifs is 2. The van der Waals surface area contributed by atoms with E-state index in [9.17, 15) is 0 Å². The van der Waals surface area contributed by atoms with Crippen LogP contribution in [0, 0.1) is 11.8 Å². The Labute approximate surface area is 304 Å². The number of hydrogen-bond acceptors (Lipinski definition) is 0. The Bertz CT molecular complexity index is 1760. The van der Waals surface area contributed by atoms with Gasteiger partial charge in [-0.2, -0.15) is 0 Å². The molecule has 0 aliphatic heterocycles. The predicted molar refractivity (Wildman–Crippen MR) is 213 cm³/mol. The molecule has 2 saturated carbocycles. The molecule has 0 radical (unpaired) electrons. The molecule has 0 bridgehead atoms. The van der Waals surface area contributed by atoms with Gasteiger partial charge in [0.15, 0.2) is 0 Å². The van der Waals surface area contributed by atoms with Crippen molar-refractivity contribution in [3.63, 3.8) is 0 Å². The van der Waals surface area contributed by atoms with Gasteiger partial charge in [-0.25, -0.2) is 0 Å². The molecule has 0 aromatic heterocycles. The van der Waals surface area contributed by atoms with E-state index in [0.29, 0.717) is 7.25 Å². The van der Waals surface area contributed by atoms with E-state index in [-0.39, 0.29) is 24.8 Å². The van der Waals surface area contributed by atoms with Crippen molar-refractivity contribution in [1.29, 1.82) is 0 Å². The van der Waals surface area contributed by atoms with Gasteiger partial charge in [0.05, 0.1) is 0 Å². The monoisotopic (exact) mass is 768 g/mol. The first-order valence-corrected chi connectivity index (χ1v) is 31.9. The second-order valence-electron chi connectivity index (χ2n) is 16.1. The zero-order chi connectivity index (χ0) is 31.3. The maximum absolute atomic E-state index is 3.76. The molecule has 8 rings (SSSR count). The summed E-state index contributed by atoms with van der Waals surface area (Å²) in [6, 6.07) is 37.1. The minimum absolute atomic E-state index is 0. The van der Waals surface area contributed by atoms with Crippen molar-refractivity contribution in [3.8, 4) is 22.3 Å². The third kappa shape index (κ3) is 6.27. The summed E-state index contributed by atoms with van der Waals surface area (Å²) in [6.45, 7) is 2.56. The van der Waals surface area contributed by atoms with Crippen LogP contribution in [0.1, 0.15) is 93.7 Å². The third-order valence-corrected chi connectivity index (χ3v) is 29.7. The van der Waals surface area contributed by atoms with Crippen LogP contribution in [0.25, 0.3) is 34.4 Å². The van der Waals surface area contributed by atoms with Gasteiger partial charge in [0.2, 0.25) is 0 Å². The topological polar surface area (TPSA) is 0 Å². The van der Waals surface area contributed by atoms with Crippen molar-refractivity contribution in [2.45, 2.75) is 80.7 Å². The van der Waals surface area contributed by atoms with Gasteiger partial charge in [0, 0.05) is 0 Å². The number of hydrogen-bond donors (Lipinski definition) is 0. The average molecular weight is 771 g/mol. The van der Waals surface area contributed by atoms with Crippen molar-refractivity contribution in [2.24, 2.45) is 11.8 Å². The summed E-state index contributed by atoms with van der Waals surface area (Å²) in [5, 5.41) is 0. The molecule has 2 unspecified atom stereocenters. The summed E-state index contributed by atoms with van der Waals surface area (Å²) < 4.78 is 6.95. The van der Waals surface area contributed by atoms with Gasteiger partial charge < -0.3 is 0 Å². The van der Waals surface area contributed by atoms with Crippen molar-refractivity contribution in [1.82, 2.24) is 0 Å². The molecule has 250 valence electrons. The van der Waals surface area contributed by atoms with Gasteiger partial charge in [0.1, 0.15) is 0 Å². The number of halogens is 2. The normalized spacial score (nSPS) is 21.3. The van der Waals surface area contributed by atoms with E-state index >= 15 is 0 Å². The third-order valence-electron chi connectivity index (χ3n) is 12.4. The first-order valence-electron chi connectivity index (χ1n) is 18.3. The van der Waals surface area contributed by atoms with Crippen molar-refractivity contribution in [3.05, 3.63) is 130 Å². The van der Waals surface area contributed by atoms with Gasteiger partial charge >= 0.3 is 282 Å². The zero-order valence-electron chi connectivity index (χ0n) is 28.8. The Morgan fingerprint density at radius 1 is 0.479 bits per heavy atom. The summed E-state index contributed by atoms with van der Waals surface area (Å²) in [4.78, 5) is 0. The van der Waals surface area contributed by atoms with Crippen LogP contribution in [-0.2, 0) is 17.4 Å². The van der Waals surface area contributed by atoms with Crippen LogP contribution in [0.2, 0.25) is 9.26 Å². The SMILES string of the molecule is Cl.Cl.[CH3][Zr]([CH3])(=[SiH2])([CH]1C(C2CCCCC2)=Cc2c(-c3ccccc3)cccc21)[CH]1C(C2CCCCC2)=Cc2c(-c3ccccc3)cccc21. The molecule has 0 amide bonds. The van der Waals surface area contributed by atoms with Crippen LogP contribution >= 0.6 is 24.8 Å². The summed E-state index contributed by atoms with van der Waals surface area (Å²) in [7, 11) is 0. The summed E-state index contributed by atoms with van der Waals surface area (Å²) >= 11 is -3.76. The number of allylic oxidation sites excluding steroid dienone is 2. The van der Waals surface area contributed by atoms with Gasteiger partial charge in [-0.15, -0.1) is 24.8 Å². The molecule has 4 aliphatic carbocycles. The minimum atomic E-state index is -3.76. The molecule has 2 atom stereocenters. The van der Waals surface area contributed by atoms with Crippen LogP contribution in [0.5, 0.6) is 0 Å². The van der Waals surface area contributed by atoms with Gasteiger partial charge in [-0.05, 0) is 0 Å². The van der Waals surface area contributed by atoms with E-state index in [1.54, 1.807) is 11.1 Å². The van der Waals surface area contributed by atoms with E-state index in [2.05, 4.69) is 125 Å². The Morgan fingerprint density at radius 2 is 0.854 bits per heavy atom. The molecule has 0 nitrogen and oxygen atoms in total. The van der Waals surface area contributed by atoms with Crippen molar-refractivity contribution in [2.75, 3.05) is 0 Å². The fraction of sp³-hybridized carbons (Fsp3) is 0.364. The zero-order valence-corrected chi connectivity index (χ0v) is 34.3. The fourth-order valence-electron chi connectivity index (χ4n) is 10.5. The molecule has 0 N–H and O–H groups in total. The van der Waals surface area contributed by atoms with E-state index < -0.39 is 17.4 Å². The van der Waals surface area contributed by atoms with Crippen LogP contribution < -0.4 is 0 Å². The van der Waals surface area contributed by atoms with Crippen molar-refractivity contribution >= 4 is 43.8 Å². The van der Waals surface area contributed by atoms with Crippen molar-refractivity contribution < 1.29 is 17.4 Å². The molecule has 2 fully saturated rings. The first kappa shape index (κ1) is 35.9. The second kappa shape index (κ2) is 14.3. The maximum atomic E-state index is 2.89. The molecule has 0 heterocycles. The van der Waals surface area contributed by atoms with Crippen LogP contribution in [0.3, 0.4) is 0 Å². The molecular formula is C44H52Cl2SiZr. The molecule has 4 aromatic carbocycles. The Kier molecular flexibility index (Phi) is 10.7. The molecule has 4 aliphatic rings. The Morgan fingerprint density at radius 3 is 1.23 bits per heavy atom. The number of benzene rings is 4. The Balaban J connectivity index is 0.00000201. The van der Waals surface area contributed by atoms with E-state index in [0.717, 1.165) is 11.8 Å². The van der Waals surface area contributed by atoms with Crippen LogP contribution in [-0.4, -0.2) is 6.88 Å². The van der Waals surface area contributed by atoms with Crippen LogP contribution in [0.4, 0.5) is 0 Å². The number of rotatable bonds is 6. The second-order valence-corrected chi connectivity index (χ2v) is 46.6. The van der Waals surface area contributed by atoms with Gasteiger partial charge in [-0.3, -0.25) is 0 Å². The summed E-state index contributed by atoms with van der Waals surface area (Å²) in [5.74, 6) is 1.46. The van der Waals surface area contributed by atoms with E-state index in [4.69, 9.17) is 0 Å². The summed E-state index contributed by atoms with van der Waals surface area (Å²) in [6.07, 6.45) is 19.3. The average Bonchev–Trinajstić information content (AvgIpc) is 3.71. The molecule has 0 saturated heterocycles.